The monoisotopic (exact) mass is 256 g/mol. The molecule has 1 saturated heterocycles. The fourth-order valence-corrected chi connectivity index (χ4v) is 1.99. The van der Waals surface area contributed by atoms with Gasteiger partial charge in [-0.05, 0) is 13.3 Å². The molecule has 18 heavy (non-hydrogen) atoms. The second kappa shape index (κ2) is 4.75. The Morgan fingerprint density at radius 1 is 1.28 bits per heavy atom. The van der Waals surface area contributed by atoms with Crippen LogP contribution in [0, 0.1) is 5.41 Å². The second-order valence-corrected chi connectivity index (χ2v) is 4.51. The normalized spacial score (nSPS) is 24.7. The summed E-state index contributed by atoms with van der Waals surface area (Å²) in [6.45, 7) is 3.22. The summed E-state index contributed by atoms with van der Waals surface area (Å²) in [4.78, 5) is 48.4. The highest BCUT2D eigenvalue weighted by Gasteiger charge is 2.54. The van der Waals surface area contributed by atoms with Crippen LogP contribution in [-0.4, -0.2) is 52.3 Å². The van der Waals surface area contributed by atoms with Gasteiger partial charge in [-0.3, -0.25) is 24.2 Å². The molecular formula is C11H16N2O5. The van der Waals surface area contributed by atoms with Crippen molar-refractivity contribution in [2.45, 2.75) is 26.7 Å². The number of carbonyl (C=O) groups excluding carboxylic acids is 3. The van der Waals surface area contributed by atoms with Crippen LogP contribution in [0.3, 0.4) is 0 Å². The first-order valence-electron chi connectivity index (χ1n) is 5.61. The summed E-state index contributed by atoms with van der Waals surface area (Å²) in [5.74, 6) is -2.76. The third-order valence-electron chi connectivity index (χ3n) is 2.96. The second-order valence-electron chi connectivity index (χ2n) is 4.51. The third-order valence-corrected chi connectivity index (χ3v) is 2.96. The fourth-order valence-electron chi connectivity index (χ4n) is 1.99. The topological polar surface area (TPSA) is 95.0 Å². The van der Waals surface area contributed by atoms with Crippen molar-refractivity contribution < 1.29 is 24.3 Å². The summed E-state index contributed by atoms with van der Waals surface area (Å²) in [5, 5.41) is 8.81. The van der Waals surface area contributed by atoms with Crippen LogP contribution in [-0.2, 0) is 14.4 Å². The minimum Gasteiger partial charge on any atom is -0.481 e. The molecule has 1 fully saturated rings. The molecule has 0 aromatic rings. The van der Waals surface area contributed by atoms with Gasteiger partial charge in [0, 0.05) is 13.6 Å². The predicted octanol–water partition coefficient (Wildman–Crippen LogP) is 0.298. The van der Waals surface area contributed by atoms with Crippen LogP contribution in [0.25, 0.3) is 0 Å². The van der Waals surface area contributed by atoms with E-state index in [1.54, 1.807) is 6.92 Å². The molecular weight excluding hydrogens is 240 g/mol. The van der Waals surface area contributed by atoms with Crippen LogP contribution in [0.15, 0.2) is 0 Å². The Bertz CT molecular complexity index is 420. The lowest BCUT2D eigenvalue weighted by Gasteiger charge is -2.40. The number of rotatable bonds is 4. The number of nitrogens with zero attached hydrogens (tertiary/aromatic N) is 2. The van der Waals surface area contributed by atoms with Crippen LogP contribution in [0.2, 0.25) is 0 Å². The molecule has 0 aromatic heterocycles. The average Bonchev–Trinajstić information content (AvgIpc) is 2.29. The average molecular weight is 256 g/mol. The Morgan fingerprint density at radius 2 is 1.83 bits per heavy atom. The molecule has 1 aliphatic rings. The molecule has 0 aromatic carbocycles. The summed E-state index contributed by atoms with van der Waals surface area (Å²) in [6.07, 6.45) is -0.0782. The van der Waals surface area contributed by atoms with Crippen LogP contribution < -0.4 is 0 Å². The zero-order valence-electron chi connectivity index (χ0n) is 10.6. The molecule has 4 amide bonds. The van der Waals surface area contributed by atoms with Gasteiger partial charge < -0.3 is 5.11 Å². The molecule has 0 radical (unpaired) electrons. The van der Waals surface area contributed by atoms with Crippen molar-refractivity contribution in [1.29, 1.82) is 0 Å². The van der Waals surface area contributed by atoms with E-state index in [9.17, 15) is 19.2 Å². The van der Waals surface area contributed by atoms with Gasteiger partial charge in [0.25, 0.3) is 0 Å². The Morgan fingerprint density at radius 3 is 2.28 bits per heavy atom. The number of barbiturate groups is 1. The summed E-state index contributed by atoms with van der Waals surface area (Å²) in [6, 6.07) is -0.699. The first-order valence-corrected chi connectivity index (χ1v) is 5.61. The van der Waals surface area contributed by atoms with Gasteiger partial charge in [0.05, 0.1) is 6.42 Å². The highest BCUT2D eigenvalue weighted by Crippen LogP contribution is 2.32. The number of amides is 4. The SMILES string of the molecule is CCCN1C(=O)N(C)C(=O)C(C)(CC(=O)O)C1=O. The van der Waals surface area contributed by atoms with Gasteiger partial charge in [-0.1, -0.05) is 6.92 Å². The minimum atomic E-state index is -1.70. The lowest BCUT2D eigenvalue weighted by Crippen LogP contribution is -2.63. The molecule has 100 valence electrons. The summed E-state index contributed by atoms with van der Waals surface area (Å²) < 4.78 is 0. The van der Waals surface area contributed by atoms with E-state index in [0.717, 1.165) is 9.80 Å². The number of hydrogen-bond acceptors (Lipinski definition) is 4. The largest absolute Gasteiger partial charge is 0.481 e. The zero-order chi connectivity index (χ0) is 14.1. The molecule has 1 aliphatic heterocycles. The molecule has 7 nitrogen and oxygen atoms in total. The lowest BCUT2D eigenvalue weighted by atomic mass is 9.82. The molecule has 0 spiro atoms. The highest BCUT2D eigenvalue weighted by atomic mass is 16.4. The van der Waals surface area contributed by atoms with Crippen LogP contribution >= 0.6 is 0 Å². The van der Waals surface area contributed by atoms with Crippen LogP contribution in [0.5, 0.6) is 0 Å². The highest BCUT2D eigenvalue weighted by molar-refractivity contribution is 6.19. The molecule has 0 saturated carbocycles. The fraction of sp³-hybridized carbons (Fsp3) is 0.636. The van der Waals surface area contributed by atoms with Gasteiger partial charge in [-0.2, -0.15) is 0 Å². The molecule has 7 heteroatoms. The van der Waals surface area contributed by atoms with E-state index in [2.05, 4.69) is 0 Å². The number of carboxylic acids is 1. The van der Waals surface area contributed by atoms with Crippen molar-refractivity contribution in [3.63, 3.8) is 0 Å². The standard InChI is InChI=1S/C11H16N2O5/c1-4-5-13-9(17)11(2,6-7(14)15)8(16)12(3)10(13)18/h4-6H2,1-3H3,(H,14,15). The van der Waals surface area contributed by atoms with Crippen molar-refractivity contribution in [2.24, 2.45) is 5.41 Å². The Labute approximate surface area is 104 Å². The summed E-state index contributed by atoms with van der Waals surface area (Å²) in [5.41, 5.74) is -1.70. The maximum Gasteiger partial charge on any atom is 0.333 e. The molecule has 0 bridgehead atoms. The number of carboxylic acid groups (broad SMARTS) is 1. The van der Waals surface area contributed by atoms with Gasteiger partial charge in [0.1, 0.15) is 5.41 Å². The van der Waals surface area contributed by atoms with Gasteiger partial charge in [0.15, 0.2) is 0 Å². The Kier molecular flexibility index (Phi) is 3.73. The summed E-state index contributed by atoms with van der Waals surface area (Å²) >= 11 is 0. The van der Waals surface area contributed by atoms with Gasteiger partial charge in [0.2, 0.25) is 11.8 Å². The summed E-state index contributed by atoms with van der Waals surface area (Å²) in [7, 11) is 1.25. The van der Waals surface area contributed by atoms with E-state index in [4.69, 9.17) is 5.11 Å². The Balaban J connectivity index is 3.17. The van der Waals surface area contributed by atoms with E-state index < -0.39 is 35.7 Å². The van der Waals surface area contributed by atoms with Gasteiger partial charge in [-0.15, -0.1) is 0 Å². The molecule has 1 N–H and O–H groups in total. The van der Waals surface area contributed by atoms with Crippen LogP contribution in [0.4, 0.5) is 4.79 Å². The molecule has 1 rings (SSSR count). The lowest BCUT2D eigenvalue weighted by molar-refractivity contribution is -0.162. The van der Waals surface area contributed by atoms with Crippen molar-refractivity contribution in [1.82, 2.24) is 9.80 Å². The molecule has 1 atom stereocenters. The van der Waals surface area contributed by atoms with Gasteiger partial charge >= 0.3 is 12.0 Å². The van der Waals surface area contributed by atoms with Crippen molar-refractivity contribution in [3.05, 3.63) is 0 Å². The van der Waals surface area contributed by atoms with E-state index in [1.165, 1.54) is 14.0 Å². The number of hydrogen-bond donors (Lipinski definition) is 1. The number of imide groups is 2. The smallest absolute Gasteiger partial charge is 0.333 e. The minimum absolute atomic E-state index is 0.171. The van der Waals surface area contributed by atoms with Crippen molar-refractivity contribution >= 4 is 23.8 Å². The van der Waals surface area contributed by atoms with E-state index in [1.807, 2.05) is 0 Å². The molecule has 1 heterocycles. The third kappa shape index (κ3) is 2.07. The zero-order valence-corrected chi connectivity index (χ0v) is 10.6. The quantitative estimate of drug-likeness (QED) is 0.730. The molecule has 0 aliphatic carbocycles. The van der Waals surface area contributed by atoms with Crippen molar-refractivity contribution in [3.8, 4) is 0 Å². The first kappa shape index (κ1) is 14.1. The number of carbonyl (C=O) groups is 4. The maximum atomic E-state index is 12.1. The van der Waals surface area contributed by atoms with Crippen LogP contribution in [0.1, 0.15) is 26.7 Å². The number of aliphatic carboxylic acids is 1. The predicted molar refractivity (Wildman–Crippen MR) is 60.5 cm³/mol. The number of urea groups is 1. The van der Waals surface area contributed by atoms with Gasteiger partial charge in [-0.25, -0.2) is 4.79 Å². The van der Waals surface area contributed by atoms with E-state index in [0.29, 0.717) is 6.42 Å². The molecule has 1 unspecified atom stereocenters. The van der Waals surface area contributed by atoms with Crippen molar-refractivity contribution in [2.75, 3.05) is 13.6 Å². The first-order chi connectivity index (χ1) is 8.25. The van der Waals surface area contributed by atoms with E-state index >= 15 is 0 Å². The Hall–Kier alpha value is -1.92. The maximum absolute atomic E-state index is 12.1. The van der Waals surface area contributed by atoms with E-state index in [-0.39, 0.29) is 6.54 Å².